The molecule has 0 N–H and O–H groups in total. The minimum atomic E-state index is -0.600. The van der Waals surface area contributed by atoms with Gasteiger partial charge in [0.05, 0.1) is 30.0 Å². The molecule has 1 saturated carbocycles. The molecule has 1 aliphatic heterocycles. The fourth-order valence-corrected chi connectivity index (χ4v) is 3.31. The highest BCUT2D eigenvalue weighted by molar-refractivity contribution is 6.63. The van der Waals surface area contributed by atoms with Gasteiger partial charge in [-0.2, -0.15) is 5.26 Å². The van der Waals surface area contributed by atoms with E-state index in [1.165, 1.54) is 0 Å². The molecule has 5 nitrogen and oxygen atoms in total. The molecule has 0 aromatic heterocycles. The molecule has 0 spiro atoms. The van der Waals surface area contributed by atoms with E-state index in [1.54, 1.807) is 7.11 Å². The lowest BCUT2D eigenvalue weighted by atomic mass is 9.75. The van der Waals surface area contributed by atoms with Crippen LogP contribution in [0.5, 0.6) is 11.5 Å². The summed E-state index contributed by atoms with van der Waals surface area (Å²) < 4.78 is 23.8. The van der Waals surface area contributed by atoms with Crippen molar-refractivity contribution in [3.63, 3.8) is 0 Å². The Kier molecular flexibility index (Phi) is 4.74. The van der Waals surface area contributed by atoms with Gasteiger partial charge in [-0.15, -0.1) is 0 Å². The van der Waals surface area contributed by atoms with Crippen molar-refractivity contribution >= 4 is 12.6 Å². The fourth-order valence-electron chi connectivity index (χ4n) is 3.31. The Bertz CT molecular complexity index is 673. The Labute approximate surface area is 150 Å². The number of rotatable bonds is 4. The molecule has 6 heteroatoms. The van der Waals surface area contributed by atoms with Crippen molar-refractivity contribution in [2.45, 2.75) is 70.7 Å². The minimum Gasteiger partial charge on any atom is -0.493 e. The van der Waals surface area contributed by atoms with E-state index >= 15 is 0 Å². The molecule has 3 rings (SSSR count). The molecule has 0 atom stereocenters. The van der Waals surface area contributed by atoms with Crippen LogP contribution in [0.4, 0.5) is 0 Å². The van der Waals surface area contributed by atoms with Gasteiger partial charge in [0.25, 0.3) is 0 Å². The van der Waals surface area contributed by atoms with E-state index in [9.17, 15) is 5.26 Å². The lowest BCUT2D eigenvalue weighted by molar-refractivity contribution is 0.00578. The number of benzene rings is 1. The van der Waals surface area contributed by atoms with Crippen LogP contribution in [0.1, 0.15) is 58.9 Å². The second-order valence-electron chi connectivity index (χ2n) is 7.79. The van der Waals surface area contributed by atoms with Crippen LogP contribution in [0.3, 0.4) is 0 Å². The van der Waals surface area contributed by atoms with Crippen LogP contribution in [0.15, 0.2) is 12.1 Å². The lowest BCUT2D eigenvalue weighted by Gasteiger charge is -2.32. The number of hydrogen-bond acceptors (Lipinski definition) is 5. The number of methoxy groups -OCH3 is 1. The molecule has 1 aromatic carbocycles. The standard InChI is InChI=1S/C19H26BNO4/c1-18(2)19(3,4)25-20(24-18)15-10-11-16(22-5)17(14(15)12-21)23-13-8-6-7-9-13/h10-11,13H,6-9H2,1-5H3. The Morgan fingerprint density at radius 1 is 1.12 bits per heavy atom. The van der Waals surface area contributed by atoms with Crippen molar-refractivity contribution in [2.75, 3.05) is 7.11 Å². The van der Waals surface area contributed by atoms with E-state index < -0.39 is 18.3 Å². The van der Waals surface area contributed by atoms with Crippen LogP contribution in [0.25, 0.3) is 0 Å². The molecule has 1 heterocycles. The molecule has 0 amide bonds. The third kappa shape index (κ3) is 3.23. The van der Waals surface area contributed by atoms with Crippen LogP contribution >= 0.6 is 0 Å². The Morgan fingerprint density at radius 3 is 2.24 bits per heavy atom. The van der Waals surface area contributed by atoms with Crippen molar-refractivity contribution < 1.29 is 18.8 Å². The molecule has 0 radical (unpaired) electrons. The maximum atomic E-state index is 9.82. The normalized spacial score (nSPS) is 22.0. The highest BCUT2D eigenvalue weighted by Gasteiger charge is 2.52. The number of hydrogen-bond donors (Lipinski definition) is 0. The molecule has 1 aromatic rings. The van der Waals surface area contributed by atoms with E-state index in [0.717, 1.165) is 25.7 Å². The first-order chi connectivity index (χ1) is 11.8. The summed E-state index contributed by atoms with van der Waals surface area (Å²) in [6.07, 6.45) is 4.47. The molecule has 134 valence electrons. The second-order valence-corrected chi connectivity index (χ2v) is 7.79. The van der Waals surface area contributed by atoms with Crippen molar-refractivity contribution in [3.05, 3.63) is 17.7 Å². The fraction of sp³-hybridized carbons (Fsp3) is 0.632. The van der Waals surface area contributed by atoms with Gasteiger partial charge in [-0.3, -0.25) is 0 Å². The van der Waals surface area contributed by atoms with E-state index in [1.807, 2.05) is 39.8 Å². The van der Waals surface area contributed by atoms with Gasteiger partial charge < -0.3 is 18.8 Å². The molecule has 0 bridgehead atoms. The van der Waals surface area contributed by atoms with Crippen LogP contribution in [0, 0.1) is 11.3 Å². The SMILES string of the molecule is COc1ccc(B2OC(C)(C)C(C)(C)O2)c(C#N)c1OC1CCCC1. The van der Waals surface area contributed by atoms with Gasteiger partial charge in [-0.1, -0.05) is 6.07 Å². The summed E-state index contributed by atoms with van der Waals surface area (Å²) in [6.45, 7) is 7.99. The van der Waals surface area contributed by atoms with Crippen molar-refractivity contribution in [2.24, 2.45) is 0 Å². The van der Waals surface area contributed by atoms with Gasteiger partial charge in [-0.05, 0) is 59.4 Å². The average molecular weight is 343 g/mol. The zero-order chi connectivity index (χ0) is 18.2. The molecular weight excluding hydrogens is 317 g/mol. The van der Waals surface area contributed by atoms with Crippen LogP contribution in [-0.2, 0) is 9.31 Å². The van der Waals surface area contributed by atoms with E-state index in [2.05, 4.69) is 6.07 Å². The first-order valence-electron chi connectivity index (χ1n) is 8.92. The topological polar surface area (TPSA) is 60.7 Å². The minimum absolute atomic E-state index is 0.134. The molecular formula is C19H26BNO4. The van der Waals surface area contributed by atoms with Crippen LogP contribution in [0.2, 0.25) is 0 Å². The zero-order valence-corrected chi connectivity index (χ0v) is 15.7. The van der Waals surface area contributed by atoms with E-state index in [0.29, 0.717) is 22.5 Å². The highest BCUT2D eigenvalue weighted by atomic mass is 16.7. The number of ether oxygens (including phenoxy) is 2. The predicted molar refractivity (Wildman–Crippen MR) is 96.3 cm³/mol. The summed E-state index contributed by atoms with van der Waals surface area (Å²) in [5.74, 6) is 1.08. The lowest BCUT2D eigenvalue weighted by Crippen LogP contribution is -2.41. The van der Waals surface area contributed by atoms with Gasteiger partial charge in [-0.25, -0.2) is 0 Å². The summed E-state index contributed by atoms with van der Waals surface area (Å²) in [4.78, 5) is 0. The summed E-state index contributed by atoms with van der Waals surface area (Å²) in [6, 6.07) is 5.94. The summed E-state index contributed by atoms with van der Waals surface area (Å²) in [5, 5.41) is 9.82. The predicted octanol–water partition coefficient (Wildman–Crippen LogP) is 3.19. The molecule has 1 aliphatic carbocycles. The number of nitrogens with zero attached hydrogens (tertiary/aromatic N) is 1. The zero-order valence-electron chi connectivity index (χ0n) is 15.7. The molecule has 2 fully saturated rings. The van der Waals surface area contributed by atoms with Crippen molar-refractivity contribution in [1.29, 1.82) is 5.26 Å². The van der Waals surface area contributed by atoms with E-state index in [-0.39, 0.29) is 6.10 Å². The Balaban J connectivity index is 1.99. The number of nitriles is 1. The van der Waals surface area contributed by atoms with Crippen molar-refractivity contribution in [1.82, 2.24) is 0 Å². The largest absolute Gasteiger partial charge is 0.496 e. The van der Waals surface area contributed by atoms with Crippen LogP contribution < -0.4 is 14.9 Å². The molecule has 0 unspecified atom stereocenters. The van der Waals surface area contributed by atoms with Crippen molar-refractivity contribution in [3.8, 4) is 17.6 Å². The Morgan fingerprint density at radius 2 is 1.72 bits per heavy atom. The second kappa shape index (κ2) is 6.55. The monoisotopic (exact) mass is 343 g/mol. The van der Waals surface area contributed by atoms with Gasteiger partial charge in [0.15, 0.2) is 11.5 Å². The first kappa shape index (κ1) is 18.1. The third-order valence-electron chi connectivity index (χ3n) is 5.58. The van der Waals surface area contributed by atoms with Gasteiger partial charge >= 0.3 is 7.12 Å². The summed E-state index contributed by atoms with van der Waals surface area (Å²) >= 11 is 0. The maximum absolute atomic E-state index is 9.82. The summed E-state index contributed by atoms with van der Waals surface area (Å²) in [7, 11) is 0.989. The van der Waals surface area contributed by atoms with Gasteiger partial charge in [0, 0.05) is 5.46 Å². The highest BCUT2D eigenvalue weighted by Crippen LogP contribution is 2.39. The molecule has 2 aliphatic rings. The van der Waals surface area contributed by atoms with E-state index in [4.69, 9.17) is 18.8 Å². The Hall–Kier alpha value is -1.71. The smallest absolute Gasteiger partial charge is 0.493 e. The molecule has 1 saturated heterocycles. The first-order valence-corrected chi connectivity index (χ1v) is 8.92. The van der Waals surface area contributed by atoms with Crippen LogP contribution in [-0.4, -0.2) is 31.5 Å². The van der Waals surface area contributed by atoms with Gasteiger partial charge in [0.1, 0.15) is 6.07 Å². The quantitative estimate of drug-likeness (QED) is 0.786. The van der Waals surface area contributed by atoms with Gasteiger partial charge in [0.2, 0.25) is 0 Å². The summed E-state index contributed by atoms with van der Waals surface area (Å²) in [5.41, 5.74) is 0.202. The molecule has 25 heavy (non-hydrogen) atoms. The maximum Gasteiger partial charge on any atom is 0.496 e. The third-order valence-corrected chi connectivity index (χ3v) is 5.58. The average Bonchev–Trinajstić information content (AvgIpc) is 3.13.